The summed E-state index contributed by atoms with van der Waals surface area (Å²) in [6, 6.07) is 14.0. The first-order valence-electron chi connectivity index (χ1n) is 10.9. The summed E-state index contributed by atoms with van der Waals surface area (Å²) in [5, 5.41) is 5.42. The lowest BCUT2D eigenvalue weighted by Gasteiger charge is -2.09. The van der Waals surface area contributed by atoms with Crippen molar-refractivity contribution in [1.82, 2.24) is 9.38 Å². The van der Waals surface area contributed by atoms with Crippen LogP contribution in [0.3, 0.4) is 0 Å². The van der Waals surface area contributed by atoms with E-state index in [2.05, 4.69) is 15.6 Å². The van der Waals surface area contributed by atoms with Gasteiger partial charge in [-0.05, 0) is 62.4 Å². The van der Waals surface area contributed by atoms with Crippen LogP contribution in [0.15, 0.2) is 59.4 Å². The number of ether oxygens (including phenoxy) is 2. The largest absolute Gasteiger partial charge is 0.497 e. The monoisotopic (exact) mass is 506 g/mol. The van der Waals surface area contributed by atoms with Gasteiger partial charge in [0.25, 0.3) is 17.4 Å². The number of methoxy groups -OCH3 is 1. The lowest BCUT2D eigenvalue weighted by atomic mass is 10.2. The highest BCUT2D eigenvalue weighted by molar-refractivity contribution is 7.19. The Morgan fingerprint density at radius 3 is 2.19 bits per heavy atom. The normalized spacial score (nSPS) is 10.6. The smallest absolute Gasteiger partial charge is 0.338 e. The van der Waals surface area contributed by atoms with Gasteiger partial charge in [-0.1, -0.05) is 11.3 Å². The SMILES string of the molecule is CCOC(=O)c1ccc(NC(=O)c2sc3nc(C)cc(=O)n3c2C(=O)Nc2ccc(OC)cc2)cc1. The first kappa shape index (κ1) is 24.6. The molecule has 0 saturated heterocycles. The maximum Gasteiger partial charge on any atom is 0.338 e. The number of thiazole rings is 1. The molecule has 0 aliphatic rings. The molecule has 2 aromatic heterocycles. The van der Waals surface area contributed by atoms with E-state index in [-0.39, 0.29) is 22.1 Å². The highest BCUT2D eigenvalue weighted by atomic mass is 32.1. The summed E-state index contributed by atoms with van der Waals surface area (Å²) in [5.41, 5.74) is 1.03. The van der Waals surface area contributed by atoms with Gasteiger partial charge in [-0.25, -0.2) is 14.2 Å². The number of carbonyl (C=O) groups excluding carboxylic acids is 3. The number of anilines is 2. The summed E-state index contributed by atoms with van der Waals surface area (Å²) in [5.74, 6) is -1.12. The third-order valence-corrected chi connectivity index (χ3v) is 6.11. The fourth-order valence-corrected chi connectivity index (χ4v) is 4.47. The molecule has 4 rings (SSSR count). The topological polar surface area (TPSA) is 128 Å². The molecule has 2 N–H and O–H groups in total. The Labute approximate surface area is 209 Å². The van der Waals surface area contributed by atoms with Crippen LogP contribution >= 0.6 is 11.3 Å². The molecular formula is C25H22N4O6S. The zero-order chi connectivity index (χ0) is 25.8. The molecule has 0 bridgehead atoms. The molecule has 10 nitrogen and oxygen atoms in total. The first-order chi connectivity index (χ1) is 17.3. The molecule has 0 spiro atoms. The molecule has 2 amide bonds. The van der Waals surface area contributed by atoms with Crippen LogP contribution in [-0.2, 0) is 4.74 Å². The van der Waals surface area contributed by atoms with Gasteiger partial charge in [0.15, 0.2) is 4.96 Å². The van der Waals surface area contributed by atoms with Crippen molar-refractivity contribution >= 4 is 45.5 Å². The number of hydrogen-bond acceptors (Lipinski definition) is 8. The average molecular weight is 507 g/mol. The second kappa shape index (κ2) is 10.4. The molecule has 0 aliphatic carbocycles. The fourth-order valence-electron chi connectivity index (χ4n) is 3.40. The minimum Gasteiger partial charge on any atom is -0.497 e. The molecule has 2 aromatic carbocycles. The van der Waals surface area contributed by atoms with Crippen LogP contribution in [-0.4, -0.2) is 40.9 Å². The van der Waals surface area contributed by atoms with Gasteiger partial charge in [-0.2, -0.15) is 0 Å². The highest BCUT2D eigenvalue weighted by Gasteiger charge is 2.26. The van der Waals surface area contributed by atoms with E-state index in [1.165, 1.54) is 25.3 Å². The van der Waals surface area contributed by atoms with Gasteiger partial charge in [0, 0.05) is 23.1 Å². The Balaban J connectivity index is 1.68. The van der Waals surface area contributed by atoms with E-state index in [0.29, 0.717) is 28.4 Å². The number of nitrogens with zero attached hydrogens (tertiary/aromatic N) is 2. The molecule has 0 fully saturated rings. The molecular weight excluding hydrogens is 484 g/mol. The summed E-state index contributed by atoms with van der Waals surface area (Å²) in [6.45, 7) is 3.61. The van der Waals surface area contributed by atoms with Gasteiger partial charge in [-0.3, -0.25) is 14.4 Å². The lowest BCUT2D eigenvalue weighted by molar-refractivity contribution is 0.0526. The molecule has 0 unspecified atom stereocenters. The quantitative estimate of drug-likeness (QED) is 0.365. The Morgan fingerprint density at radius 2 is 1.58 bits per heavy atom. The summed E-state index contributed by atoms with van der Waals surface area (Å²) >= 11 is 0.924. The summed E-state index contributed by atoms with van der Waals surface area (Å²) in [6.07, 6.45) is 0. The van der Waals surface area contributed by atoms with Gasteiger partial charge >= 0.3 is 5.97 Å². The van der Waals surface area contributed by atoms with Crippen molar-refractivity contribution in [3.63, 3.8) is 0 Å². The second-order valence-electron chi connectivity index (χ2n) is 7.57. The van der Waals surface area contributed by atoms with Crippen molar-refractivity contribution in [2.75, 3.05) is 24.4 Å². The minimum absolute atomic E-state index is 0.00526. The average Bonchev–Trinajstić information content (AvgIpc) is 3.25. The van der Waals surface area contributed by atoms with Gasteiger partial charge in [0.05, 0.1) is 19.3 Å². The molecule has 36 heavy (non-hydrogen) atoms. The van der Waals surface area contributed by atoms with Crippen LogP contribution < -0.4 is 20.9 Å². The number of benzene rings is 2. The number of amides is 2. The van der Waals surface area contributed by atoms with Gasteiger partial charge in [-0.15, -0.1) is 0 Å². The van der Waals surface area contributed by atoms with Crippen LogP contribution in [0.25, 0.3) is 4.96 Å². The van der Waals surface area contributed by atoms with Crippen LogP contribution in [0.5, 0.6) is 5.75 Å². The number of carbonyl (C=O) groups is 3. The Hall–Kier alpha value is -4.51. The predicted octanol–water partition coefficient (Wildman–Crippen LogP) is 3.75. The molecule has 0 aliphatic heterocycles. The van der Waals surface area contributed by atoms with Crippen LogP contribution in [0.2, 0.25) is 0 Å². The number of aromatic nitrogens is 2. The second-order valence-corrected chi connectivity index (χ2v) is 8.55. The lowest BCUT2D eigenvalue weighted by Crippen LogP contribution is -2.25. The molecule has 0 atom stereocenters. The standard InChI is InChI=1S/C25H22N4O6S/c1-4-35-24(33)15-5-7-16(8-6-15)28-23(32)21-20(29-19(30)13-14(2)26-25(29)36-21)22(31)27-17-9-11-18(34-3)12-10-17/h5-13H,4H2,1-3H3,(H,27,31)(H,28,32). The van der Waals surface area contributed by atoms with Crippen LogP contribution in [0.4, 0.5) is 11.4 Å². The summed E-state index contributed by atoms with van der Waals surface area (Å²) in [4.78, 5) is 55.7. The van der Waals surface area contributed by atoms with E-state index in [9.17, 15) is 19.2 Å². The summed E-state index contributed by atoms with van der Waals surface area (Å²) < 4.78 is 11.2. The van der Waals surface area contributed by atoms with Crippen molar-refractivity contribution < 1.29 is 23.9 Å². The minimum atomic E-state index is -0.651. The molecule has 184 valence electrons. The first-order valence-corrected chi connectivity index (χ1v) is 11.7. The highest BCUT2D eigenvalue weighted by Crippen LogP contribution is 2.25. The number of fused-ring (bicyclic) bond motifs is 1. The van der Waals surface area contributed by atoms with Crippen LogP contribution in [0, 0.1) is 6.92 Å². The third-order valence-electron chi connectivity index (χ3n) is 5.07. The maximum absolute atomic E-state index is 13.3. The van der Waals surface area contributed by atoms with Crippen molar-refractivity contribution in [2.45, 2.75) is 13.8 Å². The molecule has 4 aromatic rings. The zero-order valence-electron chi connectivity index (χ0n) is 19.7. The predicted molar refractivity (Wildman–Crippen MR) is 135 cm³/mol. The van der Waals surface area contributed by atoms with Gasteiger partial charge in [0.1, 0.15) is 16.3 Å². The van der Waals surface area contributed by atoms with Gasteiger partial charge in [0.2, 0.25) is 0 Å². The van der Waals surface area contributed by atoms with E-state index < -0.39 is 23.3 Å². The van der Waals surface area contributed by atoms with Crippen molar-refractivity contribution in [2.24, 2.45) is 0 Å². The van der Waals surface area contributed by atoms with Crippen molar-refractivity contribution in [1.29, 1.82) is 0 Å². The Morgan fingerprint density at radius 1 is 0.972 bits per heavy atom. The van der Waals surface area contributed by atoms with E-state index >= 15 is 0 Å². The van der Waals surface area contributed by atoms with Crippen LogP contribution in [0.1, 0.15) is 43.1 Å². The number of aryl methyl sites for hydroxylation is 1. The molecule has 11 heteroatoms. The van der Waals surface area contributed by atoms with E-state index in [1.807, 2.05) is 0 Å². The summed E-state index contributed by atoms with van der Waals surface area (Å²) in [7, 11) is 1.53. The number of nitrogens with one attached hydrogen (secondary N) is 2. The molecule has 0 radical (unpaired) electrons. The Kier molecular flexibility index (Phi) is 7.11. The van der Waals surface area contributed by atoms with E-state index in [1.54, 1.807) is 50.2 Å². The third kappa shape index (κ3) is 5.10. The van der Waals surface area contributed by atoms with Crippen molar-refractivity contribution in [3.05, 3.63) is 86.8 Å². The zero-order valence-corrected chi connectivity index (χ0v) is 20.5. The van der Waals surface area contributed by atoms with E-state index in [0.717, 1.165) is 15.7 Å². The van der Waals surface area contributed by atoms with Crippen molar-refractivity contribution in [3.8, 4) is 5.75 Å². The van der Waals surface area contributed by atoms with E-state index in [4.69, 9.17) is 9.47 Å². The number of esters is 1. The maximum atomic E-state index is 13.3. The Bertz CT molecular complexity index is 1510. The number of rotatable bonds is 7. The van der Waals surface area contributed by atoms with Gasteiger partial charge < -0.3 is 20.1 Å². The number of hydrogen-bond donors (Lipinski definition) is 2. The molecule has 2 heterocycles. The molecule has 0 saturated carbocycles. The fraction of sp³-hybridized carbons (Fsp3) is 0.160.